The second-order valence-electron chi connectivity index (χ2n) is 2.48. The molecule has 1 aromatic rings. The number of hydrogen-bond donors (Lipinski definition) is 0. The molecule has 4 heteroatoms. The number of halogens is 1. The van der Waals surface area contributed by atoms with E-state index in [1.165, 1.54) is 6.26 Å². The highest BCUT2D eigenvalue weighted by atomic mass is 35.5. The van der Waals surface area contributed by atoms with Gasteiger partial charge in [0, 0.05) is 5.56 Å². The first-order chi connectivity index (χ1) is 6.33. The second-order valence-corrected chi connectivity index (χ2v) is 2.89. The maximum absolute atomic E-state index is 10.6. The standard InChI is InChI=1S/C9H5ClO3/c10-7-5-12-13-8-3-1-2-6(4-11)9(7)8/h1-5H. The van der Waals surface area contributed by atoms with Gasteiger partial charge in [0.2, 0.25) is 0 Å². The molecule has 1 aliphatic heterocycles. The number of fused-ring (bicyclic) bond motifs is 1. The summed E-state index contributed by atoms with van der Waals surface area (Å²) in [6.07, 6.45) is 1.97. The summed E-state index contributed by atoms with van der Waals surface area (Å²) < 4.78 is 0. The van der Waals surface area contributed by atoms with Crippen LogP contribution in [-0.2, 0) is 4.89 Å². The van der Waals surface area contributed by atoms with Gasteiger partial charge < -0.3 is 0 Å². The molecular weight excluding hydrogens is 192 g/mol. The molecule has 0 aliphatic carbocycles. The Balaban J connectivity index is 2.66. The summed E-state index contributed by atoms with van der Waals surface area (Å²) in [7, 11) is 0. The van der Waals surface area contributed by atoms with E-state index in [0.717, 1.165) is 6.29 Å². The first-order valence-corrected chi connectivity index (χ1v) is 3.98. The Morgan fingerprint density at radius 2 is 2.23 bits per heavy atom. The Labute approximate surface area is 79.5 Å². The van der Waals surface area contributed by atoms with Crippen molar-refractivity contribution in [3.05, 3.63) is 35.6 Å². The molecular formula is C9H5ClO3. The zero-order valence-electron chi connectivity index (χ0n) is 6.49. The summed E-state index contributed by atoms with van der Waals surface area (Å²) in [6.45, 7) is 0. The van der Waals surface area contributed by atoms with E-state index in [2.05, 4.69) is 4.89 Å². The Morgan fingerprint density at radius 1 is 1.38 bits per heavy atom. The third-order valence-electron chi connectivity index (χ3n) is 1.71. The topological polar surface area (TPSA) is 35.5 Å². The van der Waals surface area contributed by atoms with Gasteiger partial charge in [-0.25, -0.2) is 0 Å². The predicted molar refractivity (Wildman–Crippen MR) is 47.4 cm³/mol. The van der Waals surface area contributed by atoms with Crippen LogP contribution in [-0.4, -0.2) is 6.29 Å². The van der Waals surface area contributed by atoms with Crippen molar-refractivity contribution in [3.8, 4) is 5.75 Å². The molecule has 1 heterocycles. The van der Waals surface area contributed by atoms with Crippen LogP contribution in [0.25, 0.3) is 5.03 Å². The van der Waals surface area contributed by atoms with Crippen molar-refractivity contribution in [3.63, 3.8) is 0 Å². The van der Waals surface area contributed by atoms with Crippen LogP contribution in [0.3, 0.4) is 0 Å². The molecule has 66 valence electrons. The lowest BCUT2D eigenvalue weighted by molar-refractivity contribution is -0.151. The molecule has 0 radical (unpaired) electrons. The summed E-state index contributed by atoms with van der Waals surface area (Å²) in [5.41, 5.74) is 1.06. The molecule has 0 unspecified atom stereocenters. The van der Waals surface area contributed by atoms with E-state index in [1.54, 1.807) is 18.2 Å². The number of aldehydes is 1. The van der Waals surface area contributed by atoms with Crippen LogP contribution in [0.1, 0.15) is 15.9 Å². The van der Waals surface area contributed by atoms with Crippen molar-refractivity contribution in [2.45, 2.75) is 0 Å². The van der Waals surface area contributed by atoms with Crippen LogP contribution < -0.4 is 4.89 Å². The van der Waals surface area contributed by atoms with Gasteiger partial charge in [-0.3, -0.25) is 14.6 Å². The van der Waals surface area contributed by atoms with E-state index < -0.39 is 0 Å². The normalized spacial score (nSPS) is 13.5. The van der Waals surface area contributed by atoms with E-state index in [4.69, 9.17) is 16.5 Å². The molecule has 2 rings (SSSR count). The van der Waals surface area contributed by atoms with E-state index >= 15 is 0 Å². The Morgan fingerprint density at radius 3 is 3.00 bits per heavy atom. The van der Waals surface area contributed by atoms with Crippen LogP contribution in [0.15, 0.2) is 24.5 Å². The molecule has 0 amide bonds. The third kappa shape index (κ3) is 1.27. The number of benzene rings is 1. The third-order valence-corrected chi connectivity index (χ3v) is 1.99. The SMILES string of the molecule is O=Cc1cccc2c1C(Cl)=COO2. The predicted octanol–water partition coefficient (Wildman–Crippen LogP) is 2.36. The van der Waals surface area contributed by atoms with Crippen molar-refractivity contribution in [2.75, 3.05) is 0 Å². The van der Waals surface area contributed by atoms with Crippen molar-refractivity contribution in [2.24, 2.45) is 0 Å². The molecule has 0 bridgehead atoms. The molecule has 13 heavy (non-hydrogen) atoms. The summed E-state index contributed by atoms with van der Waals surface area (Å²) in [5.74, 6) is 0.456. The number of carbonyl (C=O) groups is 1. The van der Waals surface area contributed by atoms with E-state index in [9.17, 15) is 4.79 Å². The minimum Gasteiger partial charge on any atom is -0.298 e. The first-order valence-electron chi connectivity index (χ1n) is 3.60. The average molecular weight is 197 g/mol. The van der Waals surface area contributed by atoms with Crippen molar-refractivity contribution in [1.29, 1.82) is 0 Å². The van der Waals surface area contributed by atoms with Crippen molar-refractivity contribution in [1.82, 2.24) is 0 Å². The van der Waals surface area contributed by atoms with Crippen LogP contribution in [0.2, 0.25) is 0 Å². The summed E-state index contributed by atoms with van der Waals surface area (Å²) >= 11 is 5.83. The molecule has 0 aromatic heterocycles. The van der Waals surface area contributed by atoms with Gasteiger partial charge in [-0.2, -0.15) is 0 Å². The molecule has 1 aliphatic rings. The summed E-state index contributed by atoms with van der Waals surface area (Å²) in [4.78, 5) is 20.1. The second kappa shape index (κ2) is 3.11. The molecule has 0 N–H and O–H groups in total. The Hall–Kier alpha value is -1.48. The van der Waals surface area contributed by atoms with Crippen LogP contribution in [0, 0.1) is 0 Å². The van der Waals surface area contributed by atoms with Gasteiger partial charge in [-0.1, -0.05) is 23.7 Å². The van der Waals surface area contributed by atoms with Crippen LogP contribution >= 0.6 is 11.6 Å². The fraction of sp³-hybridized carbons (Fsp3) is 0. The van der Waals surface area contributed by atoms with Crippen molar-refractivity contribution >= 4 is 22.9 Å². The molecule has 0 saturated carbocycles. The fourth-order valence-electron chi connectivity index (χ4n) is 1.15. The summed E-state index contributed by atoms with van der Waals surface area (Å²) in [5, 5.41) is 0.365. The number of rotatable bonds is 1. The lowest BCUT2D eigenvalue weighted by Crippen LogP contribution is -2.02. The van der Waals surface area contributed by atoms with Crippen LogP contribution in [0.5, 0.6) is 5.75 Å². The van der Waals surface area contributed by atoms with Crippen molar-refractivity contribution < 1.29 is 14.6 Å². The average Bonchev–Trinajstić information content (AvgIpc) is 2.17. The molecule has 0 fully saturated rings. The molecule has 0 atom stereocenters. The van der Waals surface area contributed by atoms with E-state index in [1.807, 2.05) is 0 Å². The Bertz CT molecular complexity index is 384. The lowest BCUT2D eigenvalue weighted by atomic mass is 10.1. The minimum atomic E-state index is 0.365. The van der Waals surface area contributed by atoms with E-state index in [-0.39, 0.29) is 0 Å². The lowest BCUT2D eigenvalue weighted by Gasteiger charge is -2.14. The van der Waals surface area contributed by atoms with Gasteiger partial charge in [-0.05, 0) is 6.07 Å². The van der Waals surface area contributed by atoms with Crippen LogP contribution in [0.4, 0.5) is 0 Å². The van der Waals surface area contributed by atoms with Gasteiger partial charge in [0.05, 0.1) is 10.6 Å². The maximum Gasteiger partial charge on any atom is 0.188 e. The van der Waals surface area contributed by atoms with Gasteiger partial charge in [0.15, 0.2) is 18.3 Å². The molecule has 1 aromatic carbocycles. The zero-order valence-corrected chi connectivity index (χ0v) is 7.25. The van der Waals surface area contributed by atoms with Gasteiger partial charge in [0.25, 0.3) is 0 Å². The zero-order chi connectivity index (χ0) is 9.26. The highest BCUT2D eigenvalue weighted by Gasteiger charge is 2.17. The number of carbonyl (C=O) groups excluding carboxylic acids is 1. The highest BCUT2D eigenvalue weighted by molar-refractivity contribution is 6.49. The van der Waals surface area contributed by atoms with E-state index in [0.29, 0.717) is 21.9 Å². The largest absolute Gasteiger partial charge is 0.298 e. The highest BCUT2D eigenvalue weighted by Crippen LogP contribution is 2.34. The first kappa shape index (κ1) is 8.13. The van der Waals surface area contributed by atoms with Gasteiger partial charge in [0.1, 0.15) is 0 Å². The smallest absolute Gasteiger partial charge is 0.188 e. The monoisotopic (exact) mass is 196 g/mol. The molecule has 0 spiro atoms. The molecule has 3 nitrogen and oxygen atoms in total. The minimum absolute atomic E-state index is 0.365. The molecule has 0 saturated heterocycles. The quantitative estimate of drug-likeness (QED) is 0.511. The maximum atomic E-state index is 10.6. The fourth-order valence-corrected chi connectivity index (χ4v) is 1.39. The Kier molecular flexibility index (Phi) is 1.94. The van der Waals surface area contributed by atoms with Gasteiger partial charge in [-0.15, -0.1) is 0 Å². The summed E-state index contributed by atoms with van der Waals surface area (Å²) in [6, 6.07) is 5.04. The number of hydrogen-bond acceptors (Lipinski definition) is 3. The van der Waals surface area contributed by atoms with Gasteiger partial charge >= 0.3 is 0 Å².